The number of hydrogen-bond acceptors (Lipinski definition) is 3. The van der Waals surface area contributed by atoms with E-state index in [1.165, 1.54) is 19.3 Å². The van der Waals surface area contributed by atoms with E-state index in [9.17, 15) is 15.0 Å². The molecule has 8 atom stereocenters. The van der Waals surface area contributed by atoms with Gasteiger partial charge in [-0.15, -0.1) is 0 Å². The number of ketones is 1. The zero-order valence-electron chi connectivity index (χ0n) is 15.6. The van der Waals surface area contributed by atoms with Crippen molar-refractivity contribution in [1.29, 1.82) is 0 Å². The second kappa shape index (κ2) is 5.30. The number of carbonyl (C=O) groups is 1. The molecule has 24 heavy (non-hydrogen) atoms. The van der Waals surface area contributed by atoms with Crippen molar-refractivity contribution in [3.05, 3.63) is 0 Å². The van der Waals surface area contributed by atoms with Crippen LogP contribution in [0.5, 0.6) is 0 Å². The predicted octanol–water partition coefficient (Wildman–Crippen LogP) is 3.57. The van der Waals surface area contributed by atoms with Crippen LogP contribution in [0.4, 0.5) is 0 Å². The Kier molecular flexibility index (Phi) is 3.76. The van der Waals surface area contributed by atoms with Crippen LogP contribution in [0.25, 0.3) is 0 Å². The Balaban J connectivity index is 1.68. The normalized spacial score (nSPS) is 57.2. The summed E-state index contributed by atoms with van der Waals surface area (Å²) in [6.45, 7) is 6.76. The zero-order valence-corrected chi connectivity index (χ0v) is 15.6. The molecule has 0 aliphatic heterocycles. The molecule has 2 unspecified atom stereocenters. The third-order valence-electron chi connectivity index (χ3n) is 9.44. The monoisotopic (exact) mass is 334 g/mol. The lowest BCUT2D eigenvalue weighted by molar-refractivity contribution is -0.174. The summed E-state index contributed by atoms with van der Waals surface area (Å²) in [5.41, 5.74) is -0.230. The molecule has 4 fully saturated rings. The Morgan fingerprint density at radius 2 is 1.67 bits per heavy atom. The quantitative estimate of drug-likeness (QED) is 0.771. The molecule has 0 heterocycles. The molecule has 2 N–H and O–H groups in total. The highest BCUT2D eigenvalue weighted by Crippen LogP contribution is 2.68. The van der Waals surface area contributed by atoms with Gasteiger partial charge in [0.25, 0.3) is 0 Å². The van der Waals surface area contributed by atoms with Crippen LogP contribution < -0.4 is 0 Å². The van der Waals surface area contributed by atoms with Gasteiger partial charge in [0.05, 0.1) is 18.1 Å². The van der Waals surface area contributed by atoms with E-state index < -0.39 is 5.41 Å². The number of carbonyl (C=O) groups excluding carboxylic acids is 1. The van der Waals surface area contributed by atoms with Crippen LogP contribution in [-0.4, -0.2) is 28.7 Å². The largest absolute Gasteiger partial charge is 0.395 e. The maximum Gasteiger partial charge on any atom is 0.141 e. The average molecular weight is 335 g/mol. The van der Waals surface area contributed by atoms with Crippen LogP contribution in [0.2, 0.25) is 0 Å². The molecule has 4 aliphatic carbocycles. The summed E-state index contributed by atoms with van der Waals surface area (Å²) in [4.78, 5) is 12.6. The average Bonchev–Trinajstić information content (AvgIpc) is 2.87. The van der Waals surface area contributed by atoms with Crippen molar-refractivity contribution in [1.82, 2.24) is 0 Å². The minimum Gasteiger partial charge on any atom is -0.395 e. The number of rotatable bonds is 1. The van der Waals surface area contributed by atoms with Crippen molar-refractivity contribution in [2.24, 2.45) is 39.9 Å². The summed E-state index contributed by atoms with van der Waals surface area (Å²) in [5.74, 6) is 2.63. The smallest absolute Gasteiger partial charge is 0.141 e. The first kappa shape index (κ1) is 17.0. The highest BCUT2D eigenvalue weighted by atomic mass is 16.3. The highest BCUT2D eigenvalue weighted by Gasteiger charge is 2.63. The van der Waals surface area contributed by atoms with Gasteiger partial charge >= 0.3 is 0 Å². The lowest BCUT2D eigenvalue weighted by Crippen LogP contribution is -2.60. The van der Waals surface area contributed by atoms with Crippen LogP contribution in [0, 0.1) is 39.9 Å². The molecular formula is C21H34O3. The molecule has 0 bridgehead atoms. The van der Waals surface area contributed by atoms with Gasteiger partial charge in [0.1, 0.15) is 5.78 Å². The van der Waals surface area contributed by atoms with Crippen molar-refractivity contribution >= 4 is 5.78 Å². The lowest BCUT2D eigenvalue weighted by Gasteiger charge is -2.63. The first-order valence-corrected chi connectivity index (χ1v) is 10.1. The molecule has 0 amide bonds. The van der Waals surface area contributed by atoms with E-state index in [-0.39, 0.29) is 29.3 Å². The third-order valence-corrected chi connectivity index (χ3v) is 9.44. The molecule has 136 valence electrons. The van der Waals surface area contributed by atoms with Gasteiger partial charge in [0, 0.05) is 6.42 Å². The maximum atomic E-state index is 12.6. The number of hydrogen-bond donors (Lipinski definition) is 2. The van der Waals surface area contributed by atoms with Gasteiger partial charge in [-0.05, 0) is 79.4 Å². The van der Waals surface area contributed by atoms with E-state index in [0.29, 0.717) is 30.1 Å². The molecule has 4 aliphatic rings. The van der Waals surface area contributed by atoms with E-state index in [0.717, 1.165) is 25.7 Å². The van der Waals surface area contributed by atoms with Gasteiger partial charge in [-0.25, -0.2) is 0 Å². The fraction of sp³-hybridized carbons (Fsp3) is 0.952. The van der Waals surface area contributed by atoms with Gasteiger partial charge in [-0.3, -0.25) is 4.79 Å². The standard InChI is InChI=1S/C21H34O3/c1-19-11-9-18(24)21(3,12-22)16(19)6-4-13-14-5-7-17(23)20(14,2)10-8-15(13)19/h13-17,22-23H,4-12H2,1-3H3/t13-,14-,15-,16?,17-,19+,20-,21?/m0/s1. The van der Waals surface area contributed by atoms with Crippen molar-refractivity contribution in [2.75, 3.05) is 6.61 Å². The topological polar surface area (TPSA) is 57.5 Å². The van der Waals surface area contributed by atoms with Crippen molar-refractivity contribution in [2.45, 2.75) is 78.2 Å². The molecular weight excluding hydrogens is 300 g/mol. The van der Waals surface area contributed by atoms with Crippen molar-refractivity contribution in [3.8, 4) is 0 Å². The van der Waals surface area contributed by atoms with Crippen LogP contribution in [-0.2, 0) is 4.79 Å². The minimum atomic E-state index is -0.534. The van der Waals surface area contributed by atoms with Gasteiger partial charge < -0.3 is 10.2 Å². The Bertz CT molecular complexity index is 545. The number of aliphatic hydroxyl groups is 2. The Morgan fingerprint density at radius 3 is 2.38 bits per heavy atom. The summed E-state index contributed by atoms with van der Waals surface area (Å²) in [6, 6.07) is 0. The molecule has 4 rings (SSSR count). The van der Waals surface area contributed by atoms with E-state index in [2.05, 4.69) is 13.8 Å². The van der Waals surface area contributed by atoms with Crippen LogP contribution in [0.3, 0.4) is 0 Å². The molecule has 3 heteroatoms. The zero-order chi connectivity index (χ0) is 17.3. The summed E-state index contributed by atoms with van der Waals surface area (Å²) in [5, 5.41) is 20.6. The molecule has 0 aromatic carbocycles. The lowest BCUT2D eigenvalue weighted by atomic mass is 9.41. The molecule has 0 aromatic rings. The van der Waals surface area contributed by atoms with Crippen LogP contribution in [0.1, 0.15) is 72.1 Å². The van der Waals surface area contributed by atoms with Gasteiger partial charge in [-0.1, -0.05) is 20.8 Å². The first-order chi connectivity index (χ1) is 11.3. The van der Waals surface area contributed by atoms with Crippen molar-refractivity contribution in [3.63, 3.8) is 0 Å². The molecule has 0 aromatic heterocycles. The summed E-state index contributed by atoms with van der Waals surface area (Å²) >= 11 is 0. The Hall–Kier alpha value is -0.410. The molecule has 0 radical (unpaired) electrons. The Labute approximate surface area is 146 Å². The van der Waals surface area contributed by atoms with E-state index in [1.54, 1.807) is 0 Å². The SMILES string of the molecule is CC1(CO)C(=O)CC[C@@]2(C)C1CC[C@H]1[C@@H]3CC[C@H](O)[C@@]3(C)CC[C@@H]12. The van der Waals surface area contributed by atoms with E-state index in [1.807, 2.05) is 6.92 Å². The van der Waals surface area contributed by atoms with E-state index >= 15 is 0 Å². The minimum absolute atomic E-state index is 0.00331. The fourth-order valence-electron chi connectivity index (χ4n) is 7.90. The van der Waals surface area contributed by atoms with Gasteiger partial charge in [-0.2, -0.15) is 0 Å². The number of Topliss-reactive ketones (excluding diaryl/α,β-unsaturated/α-hetero) is 1. The fourth-order valence-corrected chi connectivity index (χ4v) is 7.90. The molecule has 0 spiro atoms. The second-order valence-corrected chi connectivity index (χ2v) is 10.1. The highest BCUT2D eigenvalue weighted by molar-refractivity contribution is 5.86. The van der Waals surface area contributed by atoms with Crippen LogP contribution in [0.15, 0.2) is 0 Å². The summed E-state index contributed by atoms with van der Waals surface area (Å²) in [6.07, 6.45) is 8.24. The van der Waals surface area contributed by atoms with E-state index in [4.69, 9.17) is 0 Å². The predicted molar refractivity (Wildman–Crippen MR) is 93.3 cm³/mol. The summed E-state index contributed by atoms with van der Waals surface area (Å²) < 4.78 is 0. The first-order valence-electron chi connectivity index (χ1n) is 10.1. The van der Waals surface area contributed by atoms with Gasteiger partial charge in [0.15, 0.2) is 0 Å². The second-order valence-electron chi connectivity index (χ2n) is 10.1. The molecule has 3 nitrogen and oxygen atoms in total. The third kappa shape index (κ3) is 1.95. The van der Waals surface area contributed by atoms with Gasteiger partial charge in [0.2, 0.25) is 0 Å². The number of aliphatic hydroxyl groups excluding tert-OH is 2. The Morgan fingerprint density at radius 1 is 0.958 bits per heavy atom. The summed E-state index contributed by atoms with van der Waals surface area (Å²) in [7, 11) is 0. The molecule has 0 saturated heterocycles. The molecule has 4 saturated carbocycles. The number of fused-ring (bicyclic) bond motifs is 5. The van der Waals surface area contributed by atoms with Crippen molar-refractivity contribution < 1.29 is 15.0 Å². The van der Waals surface area contributed by atoms with Crippen LogP contribution >= 0.6 is 0 Å². The maximum absolute atomic E-state index is 12.6.